The van der Waals surface area contributed by atoms with Crippen LogP contribution < -0.4 is 5.32 Å². The number of benzene rings is 1. The molecule has 0 aliphatic heterocycles. The van der Waals surface area contributed by atoms with Crippen molar-refractivity contribution in [3.63, 3.8) is 0 Å². The van der Waals surface area contributed by atoms with Crippen molar-refractivity contribution in [2.24, 2.45) is 0 Å². The molecule has 1 rings (SSSR count). The van der Waals surface area contributed by atoms with Crippen molar-refractivity contribution in [1.29, 1.82) is 0 Å². The second-order valence-electron chi connectivity index (χ2n) is 4.05. The molecule has 0 radical (unpaired) electrons. The number of nitrogens with zero attached hydrogens (tertiary/aromatic N) is 1. The SMILES string of the molecule is CC(O)CCCNCc1ccccc1[N+](=O)[O-]. The summed E-state index contributed by atoms with van der Waals surface area (Å²) in [6, 6.07) is 6.71. The Bertz CT molecular complexity index is 367. The number of aliphatic hydroxyl groups is 1. The van der Waals surface area contributed by atoms with E-state index in [1.807, 2.05) is 0 Å². The van der Waals surface area contributed by atoms with Crippen molar-refractivity contribution in [3.05, 3.63) is 39.9 Å². The topological polar surface area (TPSA) is 75.4 Å². The van der Waals surface area contributed by atoms with E-state index in [9.17, 15) is 10.1 Å². The van der Waals surface area contributed by atoms with Gasteiger partial charge in [0.1, 0.15) is 0 Å². The summed E-state index contributed by atoms with van der Waals surface area (Å²) < 4.78 is 0. The maximum absolute atomic E-state index is 10.7. The van der Waals surface area contributed by atoms with Crippen LogP contribution in [0.4, 0.5) is 5.69 Å². The van der Waals surface area contributed by atoms with Gasteiger partial charge in [0.05, 0.1) is 11.0 Å². The third-order valence-electron chi connectivity index (χ3n) is 2.48. The molecule has 5 heteroatoms. The van der Waals surface area contributed by atoms with Crippen LogP contribution in [0.5, 0.6) is 0 Å². The number of hydrogen-bond donors (Lipinski definition) is 2. The predicted molar refractivity (Wildman–Crippen MR) is 65.7 cm³/mol. The third-order valence-corrected chi connectivity index (χ3v) is 2.48. The van der Waals surface area contributed by atoms with Gasteiger partial charge in [-0.05, 0) is 26.3 Å². The first-order chi connectivity index (χ1) is 8.11. The second kappa shape index (κ2) is 6.98. The maximum atomic E-state index is 10.7. The van der Waals surface area contributed by atoms with Gasteiger partial charge in [-0.15, -0.1) is 0 Å². The number of para-hydroxylation sites is 1. The van der Waals surface area contributed by atoms with Crippen molar-refractivity contribution < 1.29 is 10.0 Å². The number of nitrogens with one attached hydrogen (secondary N) is 1. The smallest absolute Gasteiger partial charge is 0.273 e. The number of hydrogen-bond acceptors (Lipinski definition) is 4. The molecule has 5 nitrogen and oxygen atoms in total. The van der Waals surface area contributed by atoms with Crippen LogP contribution in [0.1, 0.15) is 25.3 Å². The molecule has 94 valence electrons. The van der Waals surface area contributed by atoms with Gasteiger partial charge < -0.3 is 10.4 Å². The van der Waals surface area contributed by atoms with Gasteiger partial charge in [0.15, 0.2) is 0 Å². The van der Waals surface area contributed by atoms with E-state index in [2.05, 4.69) is 5.32 Å². The van der Waals surface area contributed by atoms with Crippen molar-refractivity contribution >= 4 is 5.69 Å². The quantitative estimate of drug-likeness (QED) is 0.432. The highest BCUT2D eigenvalue weighted by molar-refractivity contribution is 5.39. The molecule has 0 aromatic heterocycles. The zero-order valence-corrected chi connectivity index (χ0v) is 9.93. The zero-order valence-electron chi connectivity index (χ0n) is 9.93. The molecule has 0 spiro atoms. The molecule has 1 unspecified atom stereocenters. The van der Waals surface area contributed by atoms with Crippen molar-refractivity contribution in [2.75, 3.05) is 6.54 Å². The summed E-state index contributed by atoms with van der Waals surface area (Å²) in [5.41, 5.74) is 0.838. The summed E-state index contributed by atoms with van der Waals surface area (Å²) in [6.07, 6.45) is 1.31. The normalized spacial score (nSPS) is 12.4. The van der Waals surface area contributed by atoms with Crippen LogP contribution in [-0.4, -0.2) is 22.7 Å². The fraction of sp³-hybridized carbons (Fsp3) is 0.500. The lowest BCUT2D eigenvalue weighted by Gasteiger charge is -2.06. The number of nitro benzene ring substituents is 1. The van der Waals surface area contributed by atoms with Crippen LogP contribution in [0.25, 0.3) is 0 Å². The highest BCUT2D eigenvalue weighted by Crippen LogP contribution is 2.16. The van der Waals surface area contributed by atoms with E-state index >= 15 is 0 Å². The summed E-state index contributed by atoms with van der Waals surface area (Å²) >= 11 is 0. The lowest BCUT2D eigenvalue weighted by Crippen LogP contribution is -2.17. The molecule has 0 aliphatic carbocycles. The van der Waals surface area contributed by atoms with Gasteiger partial charge >= 0.3 is 0 Å². The fourth-order valence-electron chi connectivity index (χ4n) is 1.58. The lowest BCUT2D eigenvalue weighted by molar-refractivity contribution is -0.385. The van der Waals surface area contributed by atoms with Crippen LogP contribution >= 0.6 is 0 Å². The summed E-state index contributed by atoms with van der Waals surface area (Å²) in [5.74, 6) is 0. The fourth-order valence-corrected chi connectivity index (χ4v) is 1.58. The number of rotatable bonds is 7. The minimum absolute atomic E-state index is 0.149. The molecule has 17 heavy (non-hydrogen) atoms. The van der Waals surface area contributed by atoms with Gasteiger partial charge in [-0.25, -0.2) is 0 Å². The summed E-state index contributed by atoms with van der Waals surface area (Å²) in [6.45, 7) is 2.98. The molecular formula is C12H18N2O3. The summed E-state index contributed by atoms with van der Waals surface area (Å²) in [5, 5.41) is 22.9. The molecule has 1 aromatic rings. The summed E-state index contributed by atoms with van der Waals surface area (Å²) in [4.78, 5) is 10.4. The Morgan fingerprint density at radius 3 is 2.82 bits per heavy atom. The molecule has 1 atom stereocenters. The minimum Gasteiger partial charge on any atom is -0.393 e. The first-order valence-electron chi connectivity index (χ1n) is 5.72. The highest BCUT2D eigenvalue weighted by Gasteiger charge is 2.10. The molecule has 0 bridgehead atoms. The van der Waals surface area contributed by atoms with E-state index in [1.54, 1.807) is 25.1 Å². The van der Waals surface area contributed by atoms with E-state index in [4.69, 9.17) is 5.11 Å². The van der Waals surface area contributed by atoms with Crippen LogP contribution in [-0.2, 0) is 6.54 Å². The van der Waals surface area contributed by atoms with Gasteiger partial charge in [0.25, 0.3) is 5.69 Å². The highest BCUT2D eigenvalue weighted by atomic mass is 16.6. The molecule has 1 aromatic carbocycles. The van der Waals surface area contributed by atoms with Crippen molar-refractivity contribution in [2.45, 2.75) is 32.4 Å². The Morgan fingerprint density at radius 1 is 1.47 bits per heavy atom. The standard InChI is InChI=1S/C12H18N2O3/c1-10(15)5-4-8-13-9-11-6-2-3-7-12(11)14(16)17/h2-3,6-7,10,13,15H,4-5,8-9H2,1H3. The van der Waals surface area contributed by atoms with E-state index < -0.39 is 0 Å². The van der Waals surface area contributed by atoms with Crippen molar-refractivity contribution in [1.82, 2.24) is 5.32 Å². The van der Waals surface area contributed by atoms with Crippen molar-refractivity contribution in [3.8, 4) is 0 Å². The zero-order chi connectivity index (χ0) is 12.7. The van der Waals surface area contributed by atoms with Gasteiger partial charge in [-0.3, -0.25) is 10.1 Å². The Morgan fingerprint density at radius 2 is 2.18 bits per heavy atom. The van der Waals surface area contributed by atoms with E-state index in [-0.39, 0.29) is 16.7 Å². The van der Waals surface area contributed by atoms with E-state index in [0.717, 1.165) is 19.4 Å². The Hall–Kier alpha value is -1.46. The van der Waals surface area contributed by atoms with Crippen LogP contribution in [0, 0.1) is 10.1 Å². The maximum Gasteiger partial charge on any atom is 0.273 e. The molecule has 2 N–H and O–H groups in total. The molecule has 0 amide bonds. The molecule has 0 aliphatic rings. The van der Waals surface area contributed by atoms with Crippen LogP contribution in [0.2, 0.25) is 0 Å². The number of aliphatic hydroxyl groups excluding tert-OH is 1. The van der Waals surface area contributed by atoms with Crippen LogP contribution in [0.15, 0.2) is 24.3 Å². The number of nitro groups is 1. The van der Waals surface area contributed by atoms with Gasteiger partial charge in [0.2, 0.25) is 0 Å². The lowest BCUT2D eigenvalue weighted by atomic mass is 10.1. The van der Waals surface area contributed by atoms with E-state index in [0.29, 0.717) is 12.1 Å². The summed E-state index contributed by atoms with van der Waals surface area (Å²) in [7, 11) is 0. The minimum atomic E-state index is -0.368. The third kappa shape index (κ3) is 4.93. The van der Waals surface area contributed by atoms with E-state index in [1.165, 1.54) is 6.07 Å². The largest absolute Gasteiger partial charge is 0.393 e. The first kappa shape index (κ1) is 13.6. The average molecular weight is 238 g/mol. The van der Waals surface area contributed by atoms with Gasteiger partial charge in [0, 0.05) is 18.2 Å². The average Bonchev–Trinajstić information content (AvgIpc) is 2.28. The molecular weight excluding hydrogens is 220 g/mol. The Balaban J connectivity index is 2.39. The molecule has 0 saturated heterocycles. The van der Waals surface area contributed by atoms with Gasteiger partial charge in [-0.2, -0.15) is 0 Å². The molecule has 0 saturated carbocycles. The Kier molecular flexibility index (Phi) is 5.59. The van der Waals surface area contributed by atoms with Gasteiger partial charge in [-0.1, -0.05) is 18.2 Å². The monoisotopic (exact) mass is 238 g/mol. The first-order valence-corrected chi connectivity index (χ1v) is 5.72. The molecule has 0 heterocycles. The van der Waals surface area contributed by atoms with Crippen LogP contribution in [0.3, 0.4) is 0 Å². The molecule has 0 fully saturated rings. The second-order valence-corrected chi connectivity index (χ2v) is 4.05. The Labute approximate surface area is 101 Å². The predicted octanol–water partition coefficient (Wildman–Crippen LogP) is 1.85.